The van der Waals surface area contributed by atoms with E-state index in [4.69, 9.17) is 5.11 Å². The first-order valence-corrected chi connectivity index (χ1v) is 9.22. The highest BCUT2D eigenvalue weighted by Crippen LogP contribution is 2.26. The van der Waals surface area contributed by atoms with E-state index < -0.39 is 5.97 Å². The molecule has 0 bridgehead atoms. The Bertz CT molecular complexity index is 935. The molecule has 0 unspecified atom stereocenters. The molecule has 0 aliphatic rings. The molecule has 0 saturated heterocycles. The Kier molecular flexibility index (Phi) is 5.27. The van der Waals surface area contributed by atoms with Crippen LogP contribution in [-0.2, 0) is 17.6 Å². The van der Waals surface area contributed by atoms with Gasteiger partial charge in [-0.05, 0) is 38.0 Å². The van der Waals surface area contributed by atoms with Crippen molar-refractivity contribution in [3.8, 4) is 11.5 Å². The summed E-state index contributed by atoms with van der Waals surface area (Å²) in [5.74, 6) is 0.522. The third-order valence-corrected chi connectivity index (χ3v) is 4.76. The summed E-state index contributed by atoms with van der Waals surface area (Å²) in [5.41, 5.74) is 4.37. The molecule has 6 nitrogen and oxygen atoms in total. The SMILES string of the molecule is CCc1c(C)nc(-c2csc(C)n2)nc1Nc1ccc(CC(=O)O)cc1. The number of nitrogens with zero attached hydrogens (tertiary/aromatic N) is 3. The quantitative estimate of drug-likeness (QED) is 0.679. The van der Waals surface area contributed by atoms with E-state index in [1.807, 2.05) is 31.4 Å². The molecule has 1 aromatic carbocycles. The van der Waals surface area contributed by atoms with Gasteiger partial charge in [0, 0.05) is 22.3 Å². The van der Waals surface area contributed by atoms with Crippen molar-refractivity contribution in [3.63, 3.8) is 0 Å². The number of rotatable bonds is 6. The summed E-state index contributed by atoms with van der Waals surface area (Å²) in [6.07, 6.45) is 0.821. The second kappa shape index (κ2) is 7.61. The Morgan fingerprint density at radius 2 is 1.88 bits per heavy atom. The number of benzene rings is 1. The second-order valence-corrected chi connectivity index (χ2v) is 7.02. The molecule has 3 aromatic rings. The van der Waals surface area contributed by atoms with Crippen molar-refractivity contribution in [2.75, 3.05) is 5.32 Å². The van der Waals surface area contributed by atoms with Crippen LogP contribution >= 0.6 is 11.3 Å². The number of carboxylic acids is 1. The molecule has 3 rings (SSSR count). The van der Waals surface area contributed by atoms with Gasteiger partial charge in [-0.25, -0.2) is 15.0 Å². The van der Waals surface area contributed by atoms with Gasteiger partial charge in [0.1, 0.15) is 11.5 Å². The molecule has 0 radical (unpaired) electrons. The van der Waals surface area contributed by atoms with Gasteiger partial charge >= 0.3 is 5.97 Å². The zero-order valence-electron chi connectivity index (χ0n) is 14.9. The van der Waals surface area contributed by atoms with E-state index in [0.29, 0.717) is 5.82 Å². The zero-order chi connectivity index (χ0) is 18.7. The van der Waals surface area contributed by atoms with Crippen molar-refractivity contribution in [1.29, 1.82) is 0 Å². The minimum atomic E-state index is -0.839. The number of hydrogen-bond donors (Lipinski definition) is 2. The Morgan fingerprint density at radius 1 is 1.15 bits per heavy atom. The van der Waals surface area contributed by atoms with Crippen LogP contribution in [0.3, 0.4) is 0 Å². The minimum Gasteiger partial charge on any atom is -0.481 e. The van der Waals surface area contributed by atoms with Crippen molar-refractivity contribution in [2.45, 2.75) is 33.6 Å². The highest BCUT2D eigenvalue weighted by Gasteiger charge is 2.14. The van der Waals surface area contributed by atoms with Crippen molar-refractivity contribution in [2.24, 2.45) is 0 Å². The van der Waals surface area contributed by atoms with Crippen LogP contribution < -0.4 is 5.32 Å². The van der Waals surface area contributed by atoms with Gasteiger partial charge in [0.2, 0.25) is 0 Å². The maximum atomic E-state index is 10.8. The fourth-order valence-electron chi connectivity index (χ4n) is 2.72. The summed E-state index contributed by atoms with van der Waals surface area (Å²) >= 11 is 1.57. The Morgan fingerprint density at radius 3 is 2.46 bits per heavy atom. The summed E-state index contributed by atoms with van der Waals surface area (Å²) in [4.78, 5) is 24.6. The second-order valence-electron chi connectivity index (χ2n) is 5.96. The third kappa shape index (κ3) is 4.05. The van der Waals surface area contributed by atoms with Gasteiger partial charge in [-0.15, -0.1) is 11.3 Å². The lowest BCUT2D eigenvalue weighted by molar-refractivity contribution is -0.136. The topological polar surface area (TPSA) is 88.0 Å². The van der Waals surface area contributed by atoms with E-state index in [2.05, 4.69) is 27.2 Å². The lowest BCUT2D eigenvalue weighted by atomic mass is 10.1. The molecule has 134 valence electrons. The number of aromatic nitrogens is 3. The van der Waals surface area contributed by atoms with Crippen molar-refractivity contribution < 1.29 is 9.90 Å². The van der Waals surface area contributed by atoms with Crippen LogP contribution in [-0.4, -0.2) is 26.0 Å². The largest absolute Gasteiger partial charge is 0.481 e. The van der Waals surface area contributed by atoms with Crippen LogP contribution in [0.25, 0.3) is 11.5 Å². The lowest BCUT2D eigenvalue weighted by Gasteiger charge is -2.13. The zero-order valence-corrected chi connectivity index (χ0v) is 15.7. The van der Waals surface area contributed by atoms with E-state index in [1.54, 1.807) is 23.5 Å². The van der Waals surface area contributed by atoms with Crippen LogP contribution in [0.5, 0.6) is 0 Å². The Balaban J connectivity index is 1.92. The average molecular weight is 368 g/mol. The summed E-state index contributed by atoms with van der Waals surface area (Å²) in [5, 5.41) is 15.1. The molecule has 0 aliphatic heterocycles. The molecule has 0 spiro atoms. The number of thiazole rings is 1. The summed E-state index contributed by atoms with van der Waals surface area (Å²) < 4.78 is 0. The number of carboxylic acid groups (broad SMARTS) is 1. The number of aliphatic carboxylic acids is 1. The first-order valence-electron chi connectivity index (χ1n) is 8.34. The summed E-state index contributed by atoms with van der Waals surface area (Å²) in [7, 11) is 0. The maximum Gasteiger partial charge on any atom is 0.307 e. The fraction of sp³-hybridized carbons (Fsp3) is 0.263. The van der Waals surface area contributed by atoms with Crippen LogP contribution in [0.15, 0.2) is 29.6 Å². The maximum absolute atomic E-state index is 10.8. The first-order chi connectivity index (χ1) is 12.5. The van der Waals surface area contributed by atoms with Crippen LogP contribution in [0.4, 0.5) is 11.5 Å². The van der Waals surface area contributed by atoms with Gasteiger partial charge in [-0.2, -0.15) is 0 Å². The van der Waals surface area contributed by atoms with E-state index in [-0.39, 0.29) is 6.42 Å². The Hall–Kier alpha value is -2.80. The van der Waals surface area contributed by atoms with Gasteiger partial charge < -0.3 is 10.4 Å². The monoisotopic (exact) mass is 368 g/mol. The molecule has 2 heterocycles. The molecule has 7 heteroatoms. The molecule has 0 fully saturated rings. The highest BCUT2D eigenvalue weighted by atomic mass is 32.1. The normalized spacial score (nSPS) is 10.7. The van der Waals surface area contributed by atoms with Crippen LogP contribution in [0, 0.1) is 13.8 Å². The van der Waals surface area contributed by atoms with Crippen LogP contribution in [0.1, 0.15) is 28.8 Å². The molecule has 26 heavy (non-hydrogen) atoms. The highest BCUT2D eigenvalue weighted by molar-refractivity contribution is 7.09. The lowest BCUT2D eigenvalue weighted by Crippen LogP contribution is -2.05. The Labute approximate surface area is 156 Å². The molecule has 0 aliphatic carbocycles. The minimum absolute atomic E-state index is 0.0143. The average Bonchev–Trinajstić information content (AvgIpc) is 3.02. The number of anilines is 2. The number of hydrogen-bond acceptors (Lipinski definition) is 6. The molecule has 0 amide bonds. The van der Waals surface area contributed by atoms with Crippen molar-refractivity contribution in [1.82, 2.24) is 15.0 Å². The molecular weight excluding hydrogens is 348 g/mol. The number of aryl methyl sites for hydroxylation is 2. The molecule has 2 aromatic heterocycles. The predicted molar refractivity (Wildman–Crippen MR) is 103 cm³/mol. The van der Waals surface area contributed by atoms with Crippen LogP contribution in [0.2, 0.25) is 0 Å². The standard InChI is InChI=1S/C19H20N4O2S/c1-4-15-11(2)20-19(16-10-26-12(3)21-16)23-18(15)22-14-7-5-13(6-8-14)9-17(24)25/h5-8,10H,4,9H2,1-3H3,(H,24,25)(H,20,22,23). The predicted octanol–water partition coefficient (Wildman–Crippen LogP) is 4.15. The molecule has 0 saturated carbocycles. The van der Waals surface area contributed by atoms with Gasteiger partial charge in [0.25, 0.3) is 0 Å². The summed E-state index contributed by atoms with van der Waals surface area (Å²) in [6, 6.07) is 7.34. The molecule has 2 N–H and O–H groups in total. The van der Waals surface area contributed by atoms with Gasteiger partial charge in [-0.3, -0.25) is 4.79 Å². The van der Waals surface area contributed by atoms with E-state index in [0.717, 1.165) is 45.4 Å². The van der Waals surface area contributed by atoms with E-state index in [9.17, 15) is 4.79 Å². The van der Waals surface area contributed by atoms with Gasteiger partial charge in [0.05, 0.1) is 11.4 Å². The van der Waals surface area contributed by atoms with Gasteiger partial charge in [0.15, 0.2) is 5.82 Å². The van der Waals surface area contributed by atoms with Gasteiger partial charge in [-0.1, -0.05) is 19.1 Å². The summed E-state index contributed by atoms with van der Waals surface area (Å²) in [6.45, 7) is 6.00. The molecular formula is C19H20N4O2S. The fourth-order valence-corrected chi connectivity index (χ4v) is 3.31. The van der Waals surface area contributed by atoms with Crippen molar-refractivity contribution in [3.05, 3.63) is 51.5 Å². The number of carbonyl (C=O) groups is 1. The van der Waals surface area contributed by atoms with E-state index in [1.165, 1.54) is 0 Å². The number of nitrogens with one attached hydrogen (secondary N) is 1. The van der Waals surface area contributed by atoms with Crippen molar-refractivity contribution >= 4 is 28.8 Å². The third-order valence-electron chi connectivity index (χ3n) is 3.99. The molecule has 0 atom stereocenters. The first kappa shape index (κ1) is 18.0. The smallest absolute Gasteiger partial charge is 0.307 e. The van der Waals surface area contributed by atoms with E-state index >= 15 is 0 Å².